The molecule has 6 nitrogen and oxygen atoms in total. The maximum atomic E-state index is 13.2. The van der Waals surface area contributed by atoms with Gasteiger partial charge in [0.25, 0.3) is 0 Å². The normalized spacial score (nSPS) is 16.5. The zero-order chi connectivity index (χ0) is 17.3. The van der Waals surface area contributed by atoms with E-state index < -0.39 is 16.1 Å². The van der Waals surface area contributed by atoms with Crippen molar-refractivity contribution in [2.45, 2.75) is 44.4 Å². The molecule has 3 rings (SSSR count). The molecule has 0 spiro atoms. The van der Waals surface area contributed by atoms with E-state index in [9.17, 15) is 12.8 Å². The van der Waals surface area contributed by atoms with E-state index in [0.29, 0.717) is 25.1 Å². The zero-order valence-electron chi connectivity index (χ0n) is 13.6. The highest BCUT2D eigenvalue weighted by Crippen LogP contribution is 2.30. The quantitative estimate of drug-likeness (QED) is 0.827. The van der Waals surface area contributed by atoms with Crippen molar-refractivity contribution in [3.63, 3.8) is 0 Å². The van der Waals surface area contributed by atoms with Crippen molar-refractivity contribution in [3.8, 4) is 0 Å². The van der Waals surface area contributed by atoms with Crippen molar-refractivity contribution >= 4 is 10.0 Å². The molecule has 130 valence electrons. The van der Waals surface area contributed by atoms with Gasteiger partial charge in [-0.15, -0.1) is 0 Å². The molecule has 0 unspecified atom stereocenters. The molecule has 1 aromatic heterocycles. The summed E-state index contributed by atoms with van der Waals surface area (Å²) >= 11 is 0. The average molecular weight is 353 g/mol. The van der Waals surface area contributed by atoms with Gasteiger partial charge in [-0.3, -0.25) is 0 Å². The first-order chi connectivity index (χ1) is 11.3. The van der Waals surface area contributed by atoms with Crippen molar-refractivity contribution < 1.29 is 17.3 Å². The lowest BCUT2D eigenvalue weighted by Gasteiger charge is -2.18. The van der Waals surface area contributed by atoms with E-state index in [1.165, 1.54) is 12.1 Å². The average Bonchev–Trinajstić information content (AvgIpc) is 3.27. The fourth-order valence-electron chi connectivity index (χ4n) is 2.42. The highest BCUT2D eigenvalue weighted by molar-refractivity contribution is 7.90. The fourth-order valence-corrected chi connectivity index (χ4v) is 4.09. The summed E-state index contributed by atoms with van der Waals surface area (Å²) in [6, 6.07) is 5.60. The summed E-state index contributed by atoms with van der Waals surface area (Å²) in [6.07, 6.45) is 1.70. The van der Waals surface area contributed by atoms with Crippen LogP contribution in [0.2, 0.25) is 0 Å². The molecule has 1 N–H and O–H groups in total. The smallest absolute Gasteiger partial charge is 0.245 e. The Balaban J connectivity index is 1.76. The van der Waals surface area contributed by atoms with Crippen LogP contribution in [0.15, 0.2) is 28.8 Å². The largest absolute Gasteiger partial charge is 0.338 e. The van der Waals surface area contributed by atoms with E-state index in [0.717, 1.165) is 5.56 Å². The van der Waals surface area contributed by atoms with Gasteiger partial charge in [0.2, 0.25) is 15.9 Å². The predicted molar refractivity (Wildman–Crippen MR) is 86.2 cm³/mol. The number of nitrogens with one attached hydrogen (secondary N) is 1. The number of hydrogen-bond acceptors (Lipinski definition) is 5. The minimum atomic E-state index is -3.36. The molecule has 1 fully saturated rings. The van der Waals surface area contributed by atoms with Crippen LogP contribution in [-0.4, -0.2) is 23.8 Å². The molecule has 0 amide bonds. The minimum absolute atomic E-state index is 0.0407. The molecular weight excluding hydrogens is 333 g/mol. The maximum Gasteiger partial charge on any atom is 0.245 e. The molecule has 1 heterocycles. The van der Waals surface area contributed by atoms with Gasteiger partial charge in [0.05, 0.1) is 5.25 Å². The van der Waals surface area contributed by atoms with Gasteiger partial charge in [0.1, 0.15) is 11.9 Å². The zero-order valence-corrected chi connectivity index (χ0v) is 14.4. The van der Waals surface area contributed by atoms with Gasteiger partial charge in [-0.2, -0.15) is 4.98 Å². The second-order valence-corrected chi connectivity index (χ2v) is 8.43. The molecule has 0 radical (unpaired) electrons. The van der Waals surface area contributed by atoms with Gasteiger partial charge in [0, 0.05) is 6.42 Å². The van der Waals surface area contributed by atoms with Crippen LogP contribution >= 0.6 is 0 Å². The third kappa shape index (κ3) is 3.99. The van der Waals surface area contributed by atoms with Gasteiger partial charge in [0.15, 0.2) is 5.82 Å². The second kappa shape index (κ2) is 6.60. The summed E-state index contributed by atoms with van der Waals surface area (Å²) in [5.41, 5.74) is 0.724. The lowest BCUT2D eigenvalue weighted by atomic mass is 10.1. The summed E-state index contributed by atoms with van der Waals surface area (Å²) in [7, 11) is -3.36. The molecule has 1 atom stereocenters. The number of aromatic nitrogens is 2. The summed E-state index contributed by atoms with van der Waals surface area (Å²) in [5.74, 6) is 0.266. The Morgan fingerprint density at radius 3 is 2.75 bits per heavy atom. The predicted octanol–water partition coefficient (Wildman–Crippen LogP) is 2.58. The monoisotopic (exact) mass is 353 g/mol. The maximum absolute atomic E-state index is 13.2. The number of nitrogens with zero attached hydrogens (tertiary/aromatic N) is 2. The van der Waals surface area contributed by atoms with Crippen LogP contribution in [0.5, 0.6) is 0 Å². The third-order valence-corrected chi connectivity index (χ3v) is 5.85. The van der Waals surface area contributed by atoms with Crippen molar-refractivity contribution in [2.24, 2.45) is 5.92 Å². The molecule has 8 heteroatoms. The summed E-state index contributed by atoms with van der Waals surface area (Å²) in [4.78, 5) is 4.29. The second-order valence-electron chi connectivity index (χ2n) is 6.44. The Morgan fingerprint density at radius 1 is 1.38 bits per heavy atom. The molecule has 1 aliphatic carbocycles. The molecule has 0 saturated heterocycles. The molecule has 0 bridgehead atoms. The molecule has 1 aromatic carbocycles. The van der Waals surface area contributed by atoms with Gasteiger partial charge in [-0.25, -0.2) is 17.5 Å². The molecule has 24 heavy (non-hydrogen) atoms. The van der Waals surface area contributed by atoms with E-state index in [1.807, 2.05) is 13.8 Å². The van der Waals surface area contributed by atoms with Crippen LogP contribution < -0.4 is 4.72 Å². The Kier molecular flexibility index (Phi) is 4.69. The first-order valence-corrected chi connectivity index (χ1v) is 9.48. The highest BCUT2D eigenvalue weighted by Gasteiger charge is 2.39. The van der Waals surface area contributed by atoms with Crippen molar-refractivity contribution in [1.82, 2.24) is 14.9 Å². The summed E-state index contributed by atoms with van der Waals surface area (Å²) < 4.78 is 45.5. The Labute approximate surface area is 140 Å². The van der Waals surface area contributed by atoms with Crippen molar-refractivity contribution in [1.29, 1.82) is 0 Å². The van der Waals surface area contributed by atoms with Crippen LogP contribution in [0.3, 0.4) is 0 Å². The van der Waals surface area contributed by atoms with Gasteiger partial charge < -0.3 is 4.52 Å². The number of rotatable bonds is 7. The number of hydrogen-bond donors (Lipinski definition) is 1. The van der Waals surface area contributed by atoms with E-state index in [1.54, 1.807) is 12.1 Å². The van der Waals surface area contributed by atoms with Gasteiger partial charge in [-0.1, -0.05) is 31.1 Å². The third-order valence-electron chi connectivity index (χ3n) is 3.92. The first-order valence-electron chi connectivity index (χ1n) is 7.93. The standard InChI is InChI=1S/C16H20FN3O3S/c1-10(2)15(20-24(21,22)13-6-7-13)16-18-14(19-23-16)9-11-4-3-5-12(17)8-11/h3-5,8,10,13,15,20H,6-7,9H2,1-2H3/t15-/m1/s1. The Hall–Kier alpha value is -1.80. The molecule has 1 saturated carbocycles. The minimum Gasteiger partial charge on any atom is -0.338 e. The van der Waals surface area contributed by atoms with E-state index >= 15 is 0 Å². The van der Waals surface area contributed by atoms with Crippen LogP contribution in [0.4, 0.5) is 4.39 Å². The van der Waals surface area contributed by atoms with Gasteiger partial charge in [-0.05, 0) is 36.5 Å². The number of benzene rings is 1. The van der Waals surface area contributed by atoms with E-state index in [4.69, 9.17) is 4.52 Å². The Morgan fingerprint density at radius 2 is 2.12 bits per heavy atom. The molecule has 1 aliphatic rings. The summed E-state index contributed by atoms with van der Waals surface area (Å²) in [6.45, 7) is 3.77. The molecule has 0 aliphatic heterocycles. The number of halogens is 1. The van der Waals surface area contributed by atoms with Crippen molar-refractivity contribution in [2.75, 3.05) is 0 Å². The lowest BCUT2D eigenvalue weighted by Crippen LogP contribution is -2.34. The van der Waals surface area contributed by atoms with Gasteiger partial charge >= 0.3 is 0 Å². The van der Waals surface area contributed by atoms with Crippen LogP contribution in [0.1, 0.15) is 50.0 Å². The SMILES string of the molecule is CC(C)[C@@H](NS(=O)(=O)C1CC1)c1nc(Cc2cccc(F)c2)no1. The van der Waals surface area contributed by atoms with E-state index in [-0.39, 0.29) is 22.9 Å². The van der Waals surface area contributed by atoms with Crippen LogP contribution in [0.25, 0.3) is 0 Å². The summed E-state index contributed by atoms with van der Waals surface area (Å²) in [5, 5.41) is 3.58. The highest BCUT2D eigenvalue weighted by atomic mass is 32.2. The van der Waals surface area contributed by atoms with Crippen LogP contribution in [-0.2, 0) is 16.4 Å². The van der Waals surface area contributed by atoms with Crippen molar-refractivity contribution in [3.05, 3.63) is 47.4 Å². The molecule has 2 aromatic rings. The first kappa shape index (κ1) is 17.0. The van der Waals surface area contributed by atoms with E-state index in [2.05, 4.69) is 14.9 Å². The van der Waals surface area contributed by atoms with Crippen LogP contribution in [0, 0.1) is 11.7 Å². The molecular formula is C16H20FN3O3S. The fraction of sp³-hybridized carbons (Fsp3) is 0.500. The topological polar surface area (TPSA) is 85.1 Å². The Bertz CT molecular complexity index is 815. The lowest BCUT2D eigenvalue weighted by molar-refractivity contribution is 0.309. The number of sulfonamides is 1.